The van der Waals surface area contributed by atoms with E-state index < -0.39 is 11.7 Å². The quantitative estimate of drug-likeness (QED) is 0.282. The first kappa shape index (κ1) is 25.2. The molecule has 1 aromatic rings. The topological polar surface area (TPSA) is 39.7 Å². The molecule has 30 heavy (non-hydrogen) atoms. The number of guanidine groups is 1. The fourth-order valence-corrected chi connectivity index (χ4v) is 3.94. The number of hydrogen-bond acceptors (Lipinski definition) is 2. The van der Waals surface area contributed by atoms with Crippen molar-refractivity contribution in [3.05, 3.63) is 35.4 Å². The van der Waals surface area contributed by atoms with Crippen LogP contribution in [-0.2, 0) is 6.18 Å². The van der Waals surface area contributed by atoms with Gasteiger partial charge < -0.3 is 15.5 Å². The van der Waals surface area contributed by atoms with Gasteiger partial charge in [-0.25, -0.2) is 0 Å². The Morgan fingerprint density at radius 2 is 2.00 bits per heavy atom. The zero-order valence-corrected chi connectivity index (χ0v) is 20.2. The third kappa shape index (κ3) is 7.59. The maximum absolute atomic E-state index is 12.9. The van der Waals surface area contributed by atoms with Gasteiger partial charge in [0.05, 0.1) is 5.56 Å². The molecule has 0 aromatic heterocycles. The second-order valence-electron chi connectivity index (χ2n) is 8.34. The Kier molecular flexibility index (Phi) is 9.71. The summed E-state index contributed by atoms with van der Waals surface area (Å²) in [6, 6.07) is 6.46. The van der Waals surface area contributed by atoms with Crippen molar-refractivity contribution in [1.82, 2.24) is 15.5 Å². The van der Waals surface area contributed by atoms with Crippen molar-refractivity contribution in [3.8, 4) is 0 Å². The predicted molar refractivity (Wildman–Crippen MR) is 127 cm³/mol. The lowest BCUT2D eigenvalue weighted by atomic mass is 9.96. The number of nitrogens with one attached hydrogen (secondary N) is 2. The molecule has 2 fully saturated rings. The van der Waals surface area contributed by atoms with Gasteiger partial charge in [-0.15, -0.1) is 24.0 Å². The highest BCUT2D eigenvalue weighted by Gasteiger charge is 2.34. The zero-order valence-electron chi connectivity index (χ0n) is 17.8. The van der Waals surface area contributed by atoms with Crippen molar-refractivity contribution >= 4 is 29.9 Å². The Balaban J connectivity index is 0.00000320. The van der Waals surface area contributed by atoms with E-state index in [4.69, 9.17) is 4.99 Å². The molecule has 1 aromatic carbocycles. The molecule has 1 saturated carbocycles. The van der Waals surface area contributed by atoms with Crippen molar-refractivity contribution in [2.24, 2.45) is 10.9 Å². The smallest absolute Gasteiger partial charge is 0.357 e. The standard InChI is InChI=1S/C22H33F3N4.HI/c1-3-26-21(28-14-17-10-12-29(15-17)20-7-8-20)27-11-9-16(2)18-5-4-6-19(13-18)22(23,24)25;/h4-6,13,16-17,20H,3,7-12,14-15H2,1-2H3,(H2,26,27,28);1H. The average Bonchev–Trinajstić information content (AvgIpc) is 3.43. The van der Waals surface area contributed by atoms with Crippen LogP contribution in [0.4, 0.5) is 13.2 Å². The lowest BCUT2D eigenvalue weighted by molar-refractivity contribution is -0.137. The summed E-state index contributed by atoms with van der Waals surface area (Å²) >= 11 is 0. The molecule has 2 atom stereocenters. The summed E-state index contributed by atoms with van der Waals surface area (Å²) in [4.78, 5) is 7.34. The molecule has 3 rings (SSSR count). The van der Waals surface area contributed by atoms with Crippen LogP contribution in [0.5, 0.6) is 0 Å². The minimum absolute atomic E-state index is 0. The van der Waals surface area contributed by atoms with Gasteiger partial charge in [-0.3, -0.25) is 4.99 Å². The molecule has 4 nitrogen and oxygen atoms in total. The van der Waals surface area contributed by atoms with Crippen molar-refractivity contribution in [2.45, 2.75) is 57.7 Å². The van der Waals surface area contributed by atoms with Gasteiger partial charge >= 0.3 is 6.18 Å². The molecular weight excluding hydrogens is 504 g/mol. The molecule has 0 amide bonds. The summed E-state index contributed by atoms with van der Waals surface area (Å²) in [6.45, 7) is 8.63. The van der Waals surface area contributed by atoms with E-state index in [1.807, 2.05) is 13.8 Å². The van der Waals surface area contributed by atoms with E-state index in [1.54, 1.807) is 6.07 Å². The molecule has 1 aliphatic heterocycles. The molecule has 0 bridgehead atoms. The summed E-state index contributed by atoms with van der Waals surface area (Å²) in [7, 11) is 0. The van der Waals surface area contributed by atoms with Gasteiger partial charge in [0.1, 0.15) is 0 Å². The Labute approximate surface area is 195 Å². The molecular formula is C22H34F3IN4. The average molecular weight is 538 g/mol. The highest BCUT2D eigenvalue weighted by atomic mass is 127. The summed E-state index contributed by atoms with van der Waals surface area (Å²) in [5, 5.41) is 6.61. The first-order valence-electron chi connectivity index (χ1n) is 10.8. The van der Waals surface area contributed by atoms with E-state index in [0.29, 0.717) is 12.5 Å². The second kappa shape index (κ2) is 11.5. The van der Waals surface area contributed by atoms with Gasteiger partial charge in [0.25, 0.3) is 0 Å². The van der Waals surface area contributed by atoms with Gasteiger partial charge in [0.15, 0.2) is 5.96 Å². The number of hydrogen-bond donors (Lipinski definition) is 2. The first-order chi connectivity index (χ1) is 13.9. The van der Waals surface area contributed by atoms with Crippen molar-refractivity contribution in [3.63, 3.8) is 0 Å². The summed E-state index contributed by atoms with van der Waals surface area (Å²) in [5.41, 5.74) is 0.135. The fraction of sp³-hybridized carbons (Fsp3) is 0.682. The van der Waals surface area contributed by atoms with E-state index in [9.17, 15) is 13.2 Å². The van der Waals surface area contributed by atoms with Crippen LogP contribution >= 0.6 is 24.0 Å². The van der Waals surface area contributed by atoms with Crippen molar-refractivity contribution < 1.29 is 13.2 Å². The number of benzene rings is 1. The lowest BCUT2D eigenvalue weighted by Gasteiger charge is -2.17. The van der Waals surface area contributed by atoms with Crippen molar-refractivity contribution in [1.29, 1.82) is 0 Å². The molecule has 2 aliphatic rings. The minimum atomic E-state index is -4.30. The predicted octanol–water partition coefficient (Wildman–Crippen LogP) is 4.86. The fourth-order valence-electron chi connectivity index (χ4n) is 3.94. The molecule has 8 heteroatoms. The third-order valence-electron chi connectivity index (χ3n) is 5.89. The van der Waals surface area contributed by atoms with E-state index in [2.05, 4.69) is 15.5 Å². The SMILES string of the molecule is CCNC(=NCC1CCN(C2CC2)C1)NCCC(C)c1cccc(C(F)(F)F)c1.I. The maximum Gasteiger partial charge on any atom is 0.416 e. The summed E-state index contributed by atoms with van der Waals surface area (Å²) in [6.07, 6.45) is 0.360. The van der Waals surface area contributed by atoms with Crippen LogP contribution in [0.25, 0.3) is 0 Å². The summed E-state index contributed by atoms with van der Waals surface area (Å²) in [5.74, 6) is 1.46. The number of rotatable bonds is 8. The first-order valence-corrected chi connectivity index (χ1v) is 10.8. The van der Waals surface area contributed by atoms with Crippen LogP contribution in [0.1, 0.15) is 56.6 Å². The molecule has 0 radical (unpaired) electrons. The van der Waals surface area contributed by atoms with Gasteiger partial charge in [-0.1, -0.05) is 25.1 Å². The third-order valence-corrected chi connectivity index (χ3v) is 5.89. The normalized spacial score (nSPS) is 21.2. The van der Waals surface area contributed by atoms with Crippen LogP contribution < -0.4 is 10.6 Å². The number of alkyl halides is 3. The van der Waals surface area contributed by atoms with E-state index in [0.717, 1.165) is 49.7 Å². The molecule has 0 spiro atoms. The molecule has 2 unspecified atom stereocenters. The molecule has 170 valence electrons. The summed E-state index contributed by atoms with van der Waals surface area (Å²) < 4.78 is 38.8. The van der Waals surface area contributed by atoms with E-state index in [-0.39, 0.29) is 29.9 Å². The largest absolute Gasteiger partial charge is 0.416 e. The van der Waals surface area contributed by atoms with Gasteiger partial charge in [-0.05, 0) is 62.6 Å². The number of likely N-dealkylation sites (tertiary alicyclic amines) is 1. The van der Waals surface area contributed by atoms with E-state index >= 15 is 0 Å². The van der Waals surface area contributed by atoms with Crippen LogP contribution in [0.15, 0.2) is 29.3 Å². The Hall–Kier alpha value is -1.03. The van der Waals surface area contributed by atoms with Crippen molar-refractivity contribution in [2.75, 3.05) is 32.7 Å². The minimum Gasteiger partial charge on any atom is -0.357 e. The van der Waals surface area contributed by atoms with Crippen LogP contribution in [-0.4, -0.2) is 49.6 Å². The second-order valence-corrected chi connectivity index (χ2v) is 8.34. The zero-order chi connectivity index (χ0) is 20.9. The highest BCUT2D eigenvalue weighted by Crippen LogP contribution is 2.32. The Morgan fingerprint density at radius 3 is 2.67 bits per heavy atom. The molecule has 1 aliphatic carbocycles. The highest BCUT2D eigenvalue weighted by molar-refractivity contribution is 14.0. The Morgan fingerprint density at radius 1 is 1.23 bits per heavy atom. The number of halogens is 4. The van der Waals surface area contributed by atoms with E-state index in [1.165, 1.54) is 37.9 Å². The number of aliphatic imine (C=N–C) groups is 1. The lowest BCUT2D eigenvalue weighted by Crippen LogP contribution is -2.38. The molecule has 1 saturated heterocycles. The van der Waals surface area contributed by atoms with Crippen LogP contribution in [0, 0.1) is 5.92 Å². The van der Waals surface area contributed by atoms with Gasteiger partial charge in [0.2, 0.25) is 0 Å². The monoisotopic (exact) mass is 538 g/mol. The van der Waals surface area contributed by atoms with Gasteiger partial charge in [-0.2, -0.15) is 13.2 Å². The van der Waals surface area contributed by atoms with Crippen LogP contribution in [0.3, 0.4) is 0 Å². The molecule has 1 heterocycles. The Bertz CT molecular complexity index is 691. The number of nitrogens with zero attached hydrogens (tertiary/aromatic N) is 2. The van der Waals surface area contributed by atoms with Gasteiger partial charge in [0, 0.05) is 32.2 Å². The molecule has 2 N–H and O–H groups in total. The van der Waals surface area contributed by atoms with Crippen LogP contribution in [0.2, 0.25) is 0 Å². The maximum atomic E-state index is 12.9.